The van der Waals surface area contributed by atoms with Gasteiger partial charge in [-0.1, -0.05) is 46.6 Å². The quantitative estimate of drug-likeness (QED) is 0.244. The van der Waals surface area contributed by atoms with Crippen LogP contribution in [0.25, 0.3) is 0 Å². The highest BCUT2D eigenvalue weighted by Gasteiger charge is 2.30. The number of carbonyl (C=O) groups is 2. The van der Waals surface area contributed by atoms with Crippen LogP contribution in [-0.4, -0.2) is 35.9 Å². The molecule has 0 spiro atoms. The third kappa shape index (κ3) is 5.84. The molecule has 1 aliphatic rings. The molecule has 0 N–H and O–H groups in total. The van der Waals surface area contributed by atoms with Crippen LogP contribution in [0.15, 0.2) is 47.6 Å². The third-order valence-electron chi connectivity index (χ3n) is 6.30. The van der Waals surface area contributed by atoms with Crippen molar-refractivity contribution in [3.8, 4) is 0 Å². The number of oxime groups is 1. The highest BCUT2D eigenvalue weighted by molar-refractivity contribution is 6.42. The smallest absolute Gasteiger partial charge is 0.355 e. The first-order valence-corrected chi connectivity index (χ1v) is 12.8. The highest BCUT2D eigenvalue weighted by Crippen LogP contribution is 2.32. The second-order valence-corrected chi connectivity index (χ2v) is 9.52. The van der Waals surface area contributed by atoms with Gasteiger partial charge in [-0.15, -0.1) is 0 Å². The lowest BCUT2D eigenvalue weighted by Crippen LogP contribution is -2.17. The lowest BCUT2D eigenvalue weighted by Gasteiger charge is -2.18. The van der Waals surface area contributed by atoms with Gasteiger partial charge in [0.1, 0.15) is 12.3 Å². The van der Waals surface area contributed by atoms with Crippen molar-refractivity contribution < 1.29 is 23.9 Å². The van der Waals surface area contributed by atoms with Crippen molar-refractivity contribution in [2.45, 2.75) is 46.3 Å². The molecule has 0 saturated heterocycles. The molecule has 0 aliphatic heterocycles. The molecule has 3 aromatic rings. The summed E-state index contributed by atoms with van der Waals surface area (Å²) in [6.45, 7) is 4.68. The zero-order chi connectivity index (χ0) is 26.5. The molecule has 2 aromatic carbocycles. The maximum Gasteiger partial charge on any atom is 0.355 e. The Morgan fingerprint density at radius 1 is 1.00 bits per heavy atom. The molecular weight excluding hydrogens is 515 g/mol. The first kappa shape index (κ1) is 26.8. The molecule has 9 heteroatoms. The van der Waals surface area contributed by atoms with Gasteiger partial charge in [0.2, 0.25) is 0 Å². The number of aromatic nitrogens is 1. The molecule has 0 radical (unpaired) electrons. The summed E-state index contributed by atoms with van der Waals surface area (Å²) >= 11 is 12.4. The van der Waals surface area contributed by atoms with E-state index in [9.17, 15) is 9.59 Å². The maximum absolute atomic E-state index is 13.0. The van der Waals surface area contributed by atoms with E-state index in [-0.39, 0.29) is 25.2 Å². The molecule has 0 amide bonds. The third-order valence-corrected chi connectivity index (χ3v) is 7.04. The Hall–Kier alpha value is -3.29. The van der Waals surface area contributed by atoms with Gasteiger partial charge in [0.25, 0.3) is 0 Å². The molecule has 1 heterocycles. The lowest BCUT2D eigenvalue weighted by atomic mass is 9.93. The Balaban J connectivity index is 1.64. The van der Waals surface area contributed by atoms with Crippen LogP contribution in [0.2, 0.25) is 10.0 Å². The first-order valence-electron chi connectivity index (χ1n) is 12.0. The number of benzene rings is 2. The number of carbonyl (C=O) groups excluding carboxylic acids is 2. The first-order chi connectivity index (χ1) is 17.8. The van der Waals surface area contributed by atoms with E-state index in [0.29, 0.717) is 27.8 Å². The molecule has 0 fully saturated rings. The predicted octanol–water partition coefficient (Wildman–Crippen LogP) is 6.37. The molecule has 0 saturated carbocycles. The number of fused-ring (bicyclic) bond motifs is 1. The average molecular weight is 543 g/mol. The Bertz CT molecular complexity index is 1350. The van der Waals surface area contributed by atoms with Crippen molar-refractivity contribution >= 4 is 40.9 Å². The Kier molecular flexibility index (Phi) is 8.56. The Labute approximate surface area is 225 Å². The number of methoxy groups -OCH3 is 1. The van der Waals surface area contributed by atoms with Crippen LogP contribution < -0.4 is 0 Å². The highest BCUT2D eigenvalue weighted by atomic mass is 35.5. The van der Waals surface area contributed by atoms with Gasteiger partial charge in [-0.2, -0.15) is 0 Å². The van der Waals surface area contributed by atoms with Crippen molar-refractivity contribution in [3.05, 3.63) is 91.7 Å². The van der Waals surface area contributed by atoms with E-state index in [2.05, 4.69) is 5.16 Å². The molecule has 1 aromatic heterocycles. The van der Waals surface area contributed by atoms with E-state index in [1.807, 2.05) is 23.6 Å². The van der Waals surface area contributed by atoms with Gasteiger partial charge in [0.05, 0.1) is 35.0 Å². The van der Waals surface area contributed by atoms with E-state index in [0.717, 1.165) is 52.9 Å². The van der Waals surface area contributed by atoms with Gasteiger partial charge in [-0.05, 0) is 74.1 Å². The standard InChI is InChI=1S/C28H28Cl2N2O5/c1-4-36-28(34)26-17(2)25-23(31-37-16-18-8-11-20(12-9-18)27(33)35-3)6-5-7-24(25)32(26)15-19-10-13-21(29)22(30)14-19/h8-14H,4-7,15-16H2,1-3H3/b31-23-. The molecule has 37 heavy (non-hydrogen) atoms. The fourth-order valence-electron chi connectivity index (χ4n) is 4.59. The van der Waals surface area contributed by atoms with Gasteiger partial charge >= 0.3 is 11.9 Å². The molecule has 7 nitrogen and oxygen atoms in total. The van der Waals surface area contributed by atoms with Crippen molar-refractivity contribution in [2.75, 3.05) is 13.7 Å². The Morgan fingerprint density at radius 2 is 1.73 bits per heavy atom. The SMILES string of the molecule is CCOC(=O)c1c(C)c2c(n1Cc1ccc(Cl)c(Cl)c1)CCC/C2=N/OCc1ccc(C(=O)OC)cc1. The number of esters is 2. The number of halogens is 2. The number of ether oxygens (including phenoxy) is 2. The summed E-state index contributed by atoms with van der Waals surface area (Å²) in [6.07, 6.45) is 2.40. The second kappa shape index (κ2) is 11.8. The summed E-state index contributed by atoms with van der Waals surface area (Å²) in [5.41, 5.74) is 6.33. The van der Waals surface area contributed by atoms with Crippen LogP contribution in [-0.2, 0) is 33.9 Å². The minimum Gasteiger partial charge on any atom is -0.465 e. The summed E-state index contributed by atoms with van der Waals surface area (Å²) < 4.78 is 12.1. The van der Waals surface area contributed by atoms with Crippen LogP contribution in [0.5, 0.6) is 0 Å². The van der Waals surface area contributed by atoms with Crippen LogP contribution >= 0.6 is 23.2 Å². The average Bonchev–Trinajstić information content (AvgIpc) is 3.18. The fraction of sp³-hybridized carbons (Fsp3) is 0.321. The monoisotopic (exact) mass is 542 g/mol. The van der Waals surface area contributed by atoms with E-state index in [1.54, 1.807) is 37.3 Å². The molecular formula is C28H28Cl2N2O5. The number of rotatable bonds is 8. The largest absolute Gasteiger partial charge is 0.465 e. The van der Waals surface area contributed by atoms with Crippen molar-refractivity contribution in [3.63, 3.8) is 0 Å². The number of hydrogen-bond donors (Lipinski definition) is 0. The lowest BCUT2D eigenvalue weighted by molar-refractivity contribution is 0.0512. The zero-order valence-corrected chi connectivity index (χ0v) is 22.5. The van der Waals surface area contributed by atoms with Crippen LogP contribution in [0.1, 0.15) is 68.6 Å². The second-order valence-electron chi connectivity index (χ2n) is 8.70. The number of hydrogen-bond acceptors (Lipinski definition) is 6. The van der Waals surface area contributed by atoms with E-state index in [4.69, 9.17) is 37.5 Å². The predicted molar refractivity (Wildman–Crippen MR) is 143 cm³/mol. The van der Waals surface area contributed by atoms with Crippen LogP contribution in [0.4, 0.5) is 0 Å². The topological polar surface area (TPSA) is 79.1 Å². The summed E-state index contributed by atoms with van der Waals surface area (Å²) in [4.78, 5) is 30.4. The minimum absolute atomic E-state index is 0.244. The van der Waals surface area contributed by atoms with Crippen molar-refractivity contribution in [2.24, 2.45) is 5.16 Å². The van der Waals surface area contributed by atoms with Gasteiger partial charge in [-0.3, -0.25) is 0 Å². The molecule has 4 rings (SSSR count). The van der Waals surface area contributed by atoms with E-state index < -0.39 is 0 Å². The van der Waals surface area contributed by atoms with Gasteiger partial charge in [0.15, 0.2) is 0 Å². The van der Waals surface area contributed by atoms with Crippen molar-refractivity contribution in [1.82, 2.24) is 4.57 Å². The maximum atomic E-state index is 13.0. The normalized spacial score (nSPS) is 13.8. The van der Waals surface area contributed by atoms with Crippen LogP contribution in [0.3, 0.4) is 0 Å². The molecule has 194 valence electrons. The summed E-state index contributed by atoms with van der Waals surface area (Å²) in [6, 6.07) is 12.5. The van der Waals surface area contributed by atoms with Gasteiger partial charge < -0.3 is 18.9 Å². The van der Waals surface area contributed by atoms with Crippen LogP contribution in [0, 0.1) is 6.92 Å². The zero-order valence-electron chi connectivity index (χ0n) is 21.0. The molecule has 0 bridgehead atoms. The van der Waals surface area contributed by atoms with E-state index in [1.165, 1.54) is 7.11 Å². The van der Waals surface area contributed by atoms with E-state index >= 15 is 0 Å². The summed E-state index contributed by atoms with van der Waals surface area (Å²) in [5.74, 6) is -0.763. The molecule has 0 atom stereocenters. The Morgan fingerprint density at radius 3 is 2.41 bits per heavy atom. The molecule has 1 aliphatic carbocycles. The van der Waals surface area contributed by atoms with Gasteiger partial charge in [-0.25, -0.2) is 9.59 Å². The minimum atomic E-state index is -0.388. The van der Waals surface area contributed by atoms with Gasteiger partial charge in [0, 0.05) is 17.8 Å². The molecule has 0 unspecified atom stereocenters. The number of nitrogens with zero attached hydrogens (tertiary/aromatic N) is 2. The van der Waals surface area contributed by atoms with Crippen molar-refractivity contribution in [1.29, 1.82) is 0 Å². The summed E-state index contributed by atoms with van der Waals surface area (Å²) in [7, 11) is 1.35. The fourth-order valence-corrected chi connectivity index (χ4v) is 4.91. The summed E-state index contributed by atoms with van der Waals surface area (Å²) in [5, 5.41) is 5.41.